The number of hydrogen-bond acceptors (Lipinski definition) is 4. The van der Waals surface area contributed by atoms with Crippen LogP contribution in [-0.4, -0.2) is 53.0 Å². The van der Waals surface area contributed by atoms with Crippen LogP contribution < -0.4 is 5.32 Å². The predicted molar refractivity (Wildman–Crippen MR) is 120 cm³/mol. The zero-order chi connectivity index (χ0) is 21.1. The standard InChI is InChI=1S/C23H23FN4O3.ClH/c24-20-7-21-18(5-16(20)12-28-1-2-31-23(28)30)19(22(29)26-21)6-17-3-13(8-25-17)9-27-10-14-4-15(14)11-27;/h3,5-8,14-15,25H,1-2,4,9-12H2,(H,26,29);1H/t14-,15?;/m1./s1. The molecule has 1 aromatic heterocycles. The number of rotatable bonds is 5. The van der Waals surface area contributed by atoms with Crippen molar-refractivity contribution in [3.63, 3.8) is 0 Å². The van der Waals surface area contributed by atoms with Gasteiger partial charge in [-0.1, -0.05) is 0 Å². The number of likely N-dealkylation sites (tertiary alicyclic amines) is 1. The molecule has 32 heavy (non-hydrogen) atoms. The number of aromatic amines is 1. The van der Waals surface area contributed by atoms with E-state index in [9.17, 15) is 14.0 Å². The highest BCUT2D eigenvalue weighted by atomic mass is 35.5. The van der Waals surface area contributed by atoms with E-state index in [1.165, 1.54) is 36.0 Å². The van der Waals surface area contributed by atoms with Gasteiger partial charge in [0.1, 0.15) is 12.4 Å². The first kappa shape index (κ1) is 21.0. The van der Waals surface area contributed by atoms with Crippen LogP contribution in [0.25, 0.3) is 11.6 Å². The molecule has 4 aliphatic rings. The largest absolute Gasteiger partial charge is 0.448 e. The Kier molecular flexibility index (Phi) is 5.22. The molecular weight excluding hydrogens is 435 g/mol. The molecule has 0 spiro atoms. The summed E-state index contributed by atoms with van der Waals surface area (Å²) in [7, 11) is 0. The number of fused-ring (bicyclic) bond motifs is 2. The summed E-state index contributed by atoms with van der Waals surface area (Å²) in [6, 6.07) is 5.04. The van der Waals surface area contributed by atoms with E-state index in [2.05, 4.69) is 21.3 Å². The molecule has 4 heterocycles. The summed E-state index contributed by atoms with van der Waals surface area (Å²) < 4.78 is 19.5. The summed E-state index contributed by atoms with van der Waals surface area (Å²) in [5.74, 6) is 1.08. The number of cyclic esters (lactones) is 1. The molecule has 168 valence electrons. The molecule has 2 saturated heterocycles. The Morgan fingerprint density at radius 1 is 1.16 bits per heavy atom. The fourth-order valence-electron chi connectivity index (χ4n) is 4.97. The average molecular weight is 459 g/mol. The highest BCUT2D eigenvalue weighted by Gasteiger charge is 2.44. The van der Waals surface area contributed by atoms with Crippen LogP contribution in [-0.2, 0) is 22.6 Å². The number of piperidine rings is 1. The van der Waals surface area contributed by atoms with Crippen LogP contribution in [0.2, 0.25) is 0 Å². The van der Waals surface area contributed by atoms with Crippen molar-refractivity contribution in [2.24, 2.45) is 11.8 Å². The van der Waals surface area contributed by atoms with Crippen LogP contribution in [0.15, 0.2) is 24.4 Å². The normalized spacial score (nSPS) is 24.9. The molecular formula is C23H24ClFN4O3. The molecule has 1 aliphatic carbocycles. The van der Waals surface area contributed by atoms with Crippen molar-refractivity contribution < 1.29 is 18.7 Å². The van der Waals surface area contributed by atoms with Crippen molar-refractivity contribution >= 4 is 41.7 Å². The zero-order valence-corrected chi connectivity index (χ0v) is 18.2. The third kappa shape index (κ3) is 3.78. The summed E-state index contributed by atoms with van der Waals surface area (Å²) in [6.07, 6.45) is 4.73. The maximum absolute atomic E-state index is 14.6. The fraction of sp³-hybridized carbons (Fsp3) is 0.391. The molecule has 1 saturated carbocycles. The lowest BCUT2D eigenvalue weighted by molar-refractivity contribution is -0.110. The van der Waals surface area contributed by atoms with Crippen molar-refractivity contribution in [3.05, 3.63) is 52.6 Å². The molecule has 2 atom stereocenters. The summed E-state index contributed by atoms with van der Waals surface area (Å²) in [5, 5.41) is 2.74. The Morgan fingerprint density at radius 2 is 1.97 bits per heavy atom. The smallest absolute Gasteiger partial charge is 0.410 e. The number of ether oxygens (including phenoxy) is 1. The van der Waals surface area contributed by atoms with Gasteiger partial charge >= 0.3 is 6.09 Å². The number of amides is 2. The van der Waals surface area contributed by atoms with Gasteiger partial charge in [-0.15, -0.1) is 12.4 Å². The second kappa shape index (κ2) is 7.94. The summed E-state index contributed by atoms with van der Waals surface area (Å²) in [4.78, 5) is 31.5. The number of carbonyl (C=O) groups excluding carboxylic acids is 2. The number of halogens is 2. The SMILES string of the molecule is Cl.O=C1Nc2cc(F)c(CN3CCOC3=O)cc2C1=Cc1cc(CN2CC3C[C@@H]3C2)c[nH]1. The van der Waals surface area contributed by atoms with E-state index in [4.69, 9.17) is 4.74 Å². The van der Waals surface area contributed by atoms with E-state index >= 15 is 0 Å². The number of carbonyl (C=O) groups is 2. The highest BCUT2D eigenvalue weighted by Crippen LogP contribution is 2.45. The first-order chi connectivity index (χ1) is 15.0. The number of aromatic nitrogens is 1. The molecule has 3 fully saturated rings. The lowest BCUT2D eigenvalue weighted by atomic mass is 10.0. The van der Waals surface area contributed by atoms with Gasteiger partial charge in [-0.05, 0) is 48.1 Å². The minimum Gasteiger partial charge on any atom is -0.448 e. The predicted octanol–water partition coefficient (Wildman–Crippen LogP) is 3.47. The van der Waals surface area contributed by atoms with Gasteiger partial charge in [-0.25, -0.2) is 9.18 Å². The second-order valence-corrected chi connectivity index (χ2v) is 8.95. The molecule has 1 aromatic carbocycles. The lowest BCUT2D eigenvalue weighted by Crippen LogP contribution is -2.24. The molecule has 3 aliphatic heterocycles. The monoisotopic (exact) mass is 458 g/mol. The number of nitrogens with zero attached hydrogens (tertiary/aromatic N) is 2. The summed E-state index contributed by atoms with van der Waals surface area (Å²) >= 11 is 0. The van der Waals surface area contributed by atoms with Crippen LogP contribution in [0.5, 0.6) is 0 Å². The topological polar surface area (TPSA) is 77.7 Å². The van der Waals surface area contributed by atoms with Crippen molar-refractivity contribution in [2.45, 2.75) is 19.5 Å². The minimum absolute atomic E-state index is 0. The number of H-pyrrole nitrogens is 1. The third-order valence-electron chi connectivity index (χ3n) is 6.70. The van der Waals surface area contributed by atoms with Crippen LogP contribution in [0, 0.1) is 17.7 Å². The second-order valence-electron chi connectivity index (χ2n) is 8.95. The summed E-state index contributed by atoms with van der Waals surface area (Å²) in [5.41, 5.74) is 3.97. The molecule has 9 heteroatoms. The van der Waals surface area contributed by atoms with E-state index in [1.54, 1.807) is 12.1 Å². The van der Waals surface area contributed by atoms with Gasteiger partial charge in [-0.2, -0.15) is 0 Å². The Labute approximate surface area is 191 Å². The molecule has 2 amide bonds. The van der Waals surface area contributed by atoms with Gasteiger partial charge < -0.3 is 19.9 Å². The maximum Gasteiger partial charge on any atom is 0.410 e. The van der Waals surface area contributed by atoms with Crippen molar-refractivity contribution in [2.75, 3.05) is 31.6 Å². The molecule has 2 N–H and O–H groups in total. The molecule has 0 bridgehead atoms. The van der Waals surface area contributed by atoms with Gasteiger partial charge in [-0.3, -0.25) is 9.69 Å². The van der Waals surface area contributed by atoms with Crippen molar-refractivity contribution in [3.8, 4) is 0 Å². The van der Waals surface area contributed by atoms with Gasteiger partial charge in [0.25, 0.3) is 5.91 Å². The Bertz CT molecular complexity index is 1120. The molecule has 1 unspecified atom stereocenters. The Morgan fingerprint density at radius 3 is 2.72 bits per heavy atom. The lowest BCUT2D eigenvalue weighted by Gasteiger charge is -2.15. The molecule has 0 radical (unpaired) electrons. The van der Waals surface area contributed by atoms with E-state index < -0.39 is 11.9 Å². The zero-order valence-electron chi connectivity index (χ0n) is 17.4. The Balaban J connectivity index is 0.00000216. The van der Waals surface area contributed by atoms with Gasteiger partial charge in [0.2, 0.25) is 0 Å². The van der Waals surface area contributed by atoms with Gasteiger partial charge in [0.05, 0.1) is 24.4 Å². The number of hydrogen-bond donors (Lipinski definition) is 2. The van der Waals surface area contributed by atoms with E-state index in [-0.39, 0.29) is 24.9 Å². The van der Waals surface area contributed by atoms with Gasteiger partial charge in [0, 0.05) is 42.7 Å². The van der Waals surface area contributed by atoms with Crippen molar-refractivity contribution in [1.29, 1.82) is 0 Å². The quantitative estimate of drug-likeness (QED) is 0.672. The highest BCUT2D eigenvalue weighted by molar-refractivity contribution is 6.34. The Hall–Kier alpha value is -2.84. The number of benzene rings is 1. The van der Waals surface area contributed by atoms with Gasteiger partial charge in [0.15, 0.2) is 0 Å². The third-order valence-corrected chi connectivity index (χ3v) is 6.70. The minimum atomic E-state index is -0.453. The maximum atomic E-state index is 14.6. The molecule has 7 nitrogen and oxygen atoms in total. The van der Waals surface area contributed by atoms with E-state index in [1.807, 2.05) is 6.20 Å². The summed E-state index contributed by atoms with van der Waals surface area (Å²) in [6.45, 7) is 4.13. The fourth-order valence-corrected chi connectivity index (χ4v) is 4.97. The van der Waals surface area contributed by atoms with Crippen LogP contribution in [0.3, 0.4) is 0 Å². The average Bonchev–Trinajstić information content (AvgIpc) is 3.13. The molecule has 6 rings (SSSR count). The first-order valence-corrected chi connectivity index (χ1v) is 10.7. The van der Waals surface area contributed by atoms with E-state index in [0.29, 0.717) is 35.5 Å². The number of anilines is 1. The van der Waals surface area contributed by atoms with Crippen LogP contribution in [0.1, 0.15) is 28.8 Å². The number of nitrogens with one attached hydrogen (secondary N) is 2. The van der Waals surface area contributed by atoms with E-state index in [0.717, 1.165) is 24.1 Å². The first-order valence-electron chi connectivity index (χ1n) is 10.7. The van der Waals surface area contributed by atoms with Crippen molar-refractivity contribution in [1.82, 2.24) is 14.8 Å². The van der Waals surface area contributed by atoms with Crippen LogP contribution in [0.4, 0.5) is 14.9 Å². The molecule has 2 aromatic rings. The van der Waals surface area contributed by atoms with Crippen LogP contribution >= 0.6 is 12.4 Å².